The minimum atomic E-state index is -0.762. The first-order valence-corrected chi connectivity index (χ1v) is 6.51. The number of nitrogens with zero attached hydrogens (tertiary/aromatic N) is 1. The van der Waals surface area contributed by atoms with Gasteiger partial charge in [-0.3, -0.25) is 9.69 Å². The monoisotopic (exact) mass is 259 g/mol. The van der Waals surface area contributed by atoms with Gasteiger partial charge in [-0.05, 0) is 26.8 Å². The summed E-state index contributed by atoms with van der Waals surface area (Å²) < 4.78 is 10.7. The Balaban J connectivity index is 2.57. The summed E-state index contributed by atoms with van der Waals surface area (Å²) in [6.07, 6.45) is 0.875. The fraction of sp³-hybridized carbons (Fsp3) is 0.923. The van der Waals surface area contributed by atoms with E-state index in [9.17, 15) is 9.90 Å². The normalized spacial score (nSPS) is 24.7. The first kappa shape index (κ1) is 15.4. The second-order valence-corrected chi connectivity index (χ2v) is 5.39. The van der Waals surface area contributed by atoms with Crippen molar-refractivity contribution in [3.05, 3.63) is 0 Å². The Morgan fingerprint density at radius 1 is 1.50 bits per heavy atom. The smallest absolute Gasteiger partial charge is 0.310 e. The van der Waals surface area contributed by atoms with Crippen molar-refractivity contribution in [3.8, 4) is 0 Å². The average Bonchev–Trinajstić information content (AvgIpc) is 2.79. The van der Waals surface area contributed by atoms with Gasteiger partial charge >= 0.3 is 5.97 Å². The molecule has 5 nitrogen and oxygen atoms in total. The van der Waals surface area contributed by atoms with Crippen LogP contribution in [0.3, 0.4) is 0 Å². The third kappa shape index (κ3) is 3.93. The molecule has 1 fully saturated rings. The highest BCUT2D eigenvalue weighted by Gasteiger charge is 2.37. The molecule has 5 heteroatoms. The van der Waals surface area contributed by atoms with Crippen LogP contribution in [0.2, 0.25) is 0 Å². The van der Waals surface area contributed by atoms with E-state index in [0.29, 0.717) is 13.2 Å². The van der Waals surface area contributed by atoms with Crippen molar-refractivity contribution < 1.29 is 19.4 Å². The number of hydrogen-bond donors (Lipinski definition) is 1. The van der Waals surface area contributed by atoms with Gasteiger partial charge in [-0.15, -0.1) is 0 Å². The maximum atomic E-state index is 11.2. The van der Waals surface area contributed by atoms with E-state index in [2.05, 4.69) is 11.8 Å². The molecule has 0 aromatic carbocycles. The lowest BCUT2D eigenvalue weighted by Gasteiger charge is -2.32. The third-order valence-electron chi connectivity index (χ3n) is 3.80. The van der Waals surface area contributed by atoms with Gasteiger partial charge in [-0.25, -0.2) is 0 Å². The molecule has 0 amide bonds. The van der Waals surface area contributed by atoms with Crippen molar-refractivity contribution in [1.29, 1.82) is 0 Å². The van der Waals surface area contributed by atoms with E-state index in [1.54, 1.807) is 7.11 Å². The zero-order valence-electron chi connectivity index (χ0n) is 11.8. The molecule has 1 aliphatic rings. The van der Waals surface area contributed by atoms with Gasteiger partial charge in [-0.2, -0.15) is 0 Å². The number of aliphatic carboxylic acids is 1. The molecular formula is C13H25NO4. The maximum Gasteiger partial charge on any atom is 0.310 e. The molecule has 0 aromatic heterocycles. The summed E-state index contributed by atoms with van der Waals surface area (Å²) in [7, 11) is 1.70. The molecule has 1 saturated heterocycles. The fourth-order valence-corrected chi connectivity index (χ4v) is 2.21. The van der Waals surface area contributed by atoms with Gasteiger partial charge in [0.2, 0.25) is 0 Å². The van der Waals surface area contributed by atoms with Crippen molar-refractivity contribution in [2.45, 2.75) is 38.8 Å². The number of ether oxygens (including phenoxy) is 2. The minimum Gasteiger partial charge on any atom is -0.481 e. The second-order valence-electron chi connectivity index (χ2n) is 5.39. The van der Waals surface area contributed by atoms with Crippen LogP contribution in [0.1, 0.15) is 27.2 Å². The Morgan fingerprint density at radius 3 is 2.67 bits per heavy atom. The molecule has 0 radical (unpaired) electrons. The van der Waals surface area contributed by atoms with E-state index in [0.717, 1.165) is 19.5 Å². The molecule has 1 aliphatic heterocycles. The van der Waals surface area contributed by atoms with Crippen LogP contribution in [0.4, 0.5) is 0 Å². The van der Waals surface area contributed by atoms with Crippen LogP contribution >= 0.6 is 0 Å². The lowest BCUT2D eigenvalue weighted by molar-refractivity contribution is -0.143. The fourth-order valence-electron chi connectivity index (χ4n) is 2.21. The highest BCUT2D eigenvalue weighted by atomic mass is 16.5. The van der Waals surface area contributed by atoms with Crippen LogP contribution in [0.5, 0.6) is 0 Å². The molecule has 0 saturated carbocycles. The Kier molecular flexibility index (Phi) is 5.56. The number of carboxylic acids is 1. The van der Waals surface area contributed by atoms with Crippen molar-refractivity contribution in [2.75, 3.05) is 33.4 Å². The SMILES string of the molecule is CCN(CCC(C)(C)OC)C1COCC1C(=O)O. The molecule has 18 heavy (non-hydrogen) atoms. The van der Waals surface area contributed by atoms with E-state index < -0.39 is 11.9 Å². The highest BCUT2D eigenvalue weighted by Crippen LogP contribution is 2.22. The highest BCUT2D eigenvalue weighted by molar-refractivity contribution is 5.71. The summed E-state index contributed by atoms with van der Waals surface area (Å²) in [4.78, 5) is 13.3. The Bertz CT molecular complexity index is 280. The standard InChI is InChI=1S/C13H25NO4/c1-5-14(7-6-13(2,3)17-4)11-9-18-8-10(11)12(15)16/h10-11H,5-9H2,1-4H3,(H,15,16). The lowest BCUT2D eigenvalue weighted by Crippen LogP contribution is -2.45. The molecule has 1 heterocycles. The molecule has 1 rings (SSSR count). The van der Waals surface area contributed by atoms with Gasteiger partial charge < -0.3 is 14.6 Å². The second kappa shape index (κ2) is 6.50. The molecule has 1 N–H and O–H groups in total. The summed E-state index contributed by atoms with van der Waals surface area (Å²) in [5, 5.41) is 9.17. The van der Waals surface area contributed by atoms with Crippen LogP contribution in [0, 0.1) is 5.92 Å². The largest absolute Gasteiger partial charge is 0.481 e. The number of rotatable bonds is 7. The van der Waals surface area contributed by atoms with Gasteiger partial charge in [-0.1, -0.05) is 6.92 Å². The van der Waals surface area contributed by atoms with Gasteiger partial charge in [0.1, 0.15) is 0 Å². The van der Waals surface area contributed by atoms with Gasteiger partial charge in [0, 0.05) is 19.7 Å². The minimum absolute atomic E-state index is 0.0137. The van der Waals surface area contributed by atoms with Gasteiger partial charge in [0.15, 0.2) is 0 Å². The molecule has 0 aliphatic carbocycles. The Hall–Kier alpha value is -0.650. The number of likely N-dealkylation sites (N-methyl/N-ethyl adjacent to an activating group) is 1. The predicted molar refractivity (Wildman–Crippen MR) is 68.7 cm³/mol. The van der Waals surface area contributed by atoms with Crippen LogP contribution < -0.4 is 0 Å². The molecule has 2 atom stereocenters. The lowest BCUT2D eigenvalue weighted by atomic mass is 10.00. The van der Waals surface area contributed by atoms with E-state index in [4.69, 9.17) is 9.47 Å². The topological polar surface area (TPSA) is 59.0 Å². The summed E-state index contributed by atoms with van der Waals surface area (Å²) >= 11 is 0. The van der Waals surface area contributed by atoms with Crippen molar-refractivity contribution in [1.82, 2.24) is 4.90 Å². The Labute approximate surface area is 109 Å². The zero-order chi connectivity index (χ0) is 13.8. The van der Waals surface area contributed by atoms with Crippen LogP contribution in [0.15, 0.2) is 0 Å². The Morgan fingerprint density at radius 2 is 2.17 bits per heavy atom. The number of carboxylic acid groups (broad SMARTS) is 1. The quantitative estimate of drug-likeness (QED) is 0.745. The number of carbonyl (C=O) groups is 1. The first-order valence-electron chi connectivity index (χ1n) is 6.51. The molecule has 0 spiro atoms. The summed E-state index contributed by atoms with van der Waals surface area (Å²) in [6.45, 7) is 8.63. The van der Waals surface area contributed by atoms with Crippen LogP contribution in [0.25, 0.3) is 0 Å². The predicted octanol–water partition coefficient (Wildman–Crippen LogP) is 1.22. The van der Waals surface area contributed by atoms with Gasteiger partial charge in [0.05, 0.1) is 24.7 Å². The molecule has 2 unspecified atom stereocenters. The zero-order valence-corrected chi connectivity index (χ0v) is 11.8. The van der Waals surface area contributed by atoms with E-state index in [1.165, 1.54) is 0 Å². The van der Waals surface area contributed by atoms with E-state index in [-0.39, 0.29) is 11.6 Å². The number of hydrogen-bond acceptors (Lipinski definition) is 4. The number of methoxy groups -OCH3 is 1. The average molecular weight is 259 g/mol. The van der Waals surface area contributed by atoms with E-state index in [1.807, 2.05) is 13.8 Å². The van der Waals surface area contributed by atoms with Crippen LogP contribution in [-0.4, -0.2) is 61.0 Å². The van der Waals surface area contributed by atoms with Crippen molar-refractivity contribution in [3.63, 3.8) is 0 Å². The van der Waals surface area contributed by atoms with Crippen molar-refractivity contribution in [2.24, 2.45) is 5.92 Å². The summed E-state index contributed by atoms with van der Waals surface area (Å²) in [6, 6.07) is -0.0137. The summed E-state index contributed by atoms with van der Waals surface area (Å²) in [5.41, 5.74) is -0.175. The molecule has 106 valence electrons. The third-order valence-corrected chi connectivity index (χ3v) is 3.80. The molecule has 0 bridgehead atoms. The van der Waals surface area contributed by atoms with Crippen molar-refractivity contribution >= 4 is 5.97 Å². The van der Waals surface area contributed by atoms with E-state index >= 15 is 0 Å². The van der Waals surface area contributed by atoms with Gasteiger partial charge in [0.25, 0.3) is 0 Å². The van der Waals surface area contributed by atoms with Crippen LogP contribution in [-0.2, 0) is 14.3 Å². The molecular weight excluding hydrogens is 234 g/mol. The molecule has 0 aromatic rings. The maximum absolute atomic E-state index is 11.2. The first-order chi connectivity index (χ1) is 8.41. The summed E-state index contributed by atoms with van der Waals surface area (Å²) in [5.74, 6) is -1.17.